The quantitative estimate of drug-likeness (QED) is 0.527. The smallest absolute Gasteiger partial charge is 0.272 e. The summed E-state index contributed by atoms with van der Waals surface area (Å²) in [6, 6.07) is 9.49. The number of aromatic nitrogens is 3. The Morgan fingerprint density at radius 3 is 2.77 bits per heavy atom. The minimum absolute atomic E-state index is 0.00726. The molecule has 6 nitrogen and oxygen atoms in total. The van der Waals surface area contributed by atoms with E-state index in [0.717, 1.165) is 42.7 Å². The van der Waals surface area contributed by atoms with Crippen LogP contribution < -0.4 is 0 Å². The van der Waals surface area contributed by atoms with Crippen LogP contribution in [0, 0.1) is 5.92 Å². The third-order valence-corrected chi connectivity index (χ3v) is 5.93. The third-order valence-electron chi connectivity index (χ3n) is 5.68. The Hall–Kier alpha value is -2.60. The number of piperidine rings is 1. The number of hydrogen-bond donors (Lipinski definition) is 0. The van der Waals surface area contributed by atoms with Crippen LogP contribution in [0.2, 0.25) is 5.02 Å². The van der Waals surface area contributed by atoms with E-state index in [2.05, 4.69) is 23.9 Å². The molecule has 164 valence electrons. The lowest BCUT2D eigenvalue weighted by molar-refractivity contribution is 0.0558. The first-order valence-corrected chi connectivity index (χ1v) is 11.3. The van der Waals surface area contributed by atoms with Crippen molar-refractivity contribution in [2.45, 2.75) is 52.0 Å². The Morgan fingerprint density at radius 2 is 2.03 bits per heavy atom. The molecule has 0 radical (unpaired) electrons. The maximum Gasteiger partial charge on any atom is 0.272 e. The number of amides is 1. The molecule has 0 spiro atoms. The molecule has 1 fully saturated rings. The summed E-state index contributed by atoms with van der Waals surface area (Å²) in [6.45, 7) is 5.01. The fraction of sp³-hybridized carbons (Fsp3) is 0.458. The van der Waals surface area contributed by atoms with Crippen molar-refractivity contribution < 1.29 is 9.21 Å². The first-order valence-electron chi connectivity index (χ1n) is 10.9. The van der Waals surface area contributed by atoms with Gasteiger partial charge in [-0.3, -0.25) is 9.48 Å². The van der Waals surface area contributed by atoms with E-state index >= 15 is 0 Å². The van der Waals surface area contributed by atoms with Crippen molar-refractivity contribution in [2.75, 3.05) is 6.54 Å². The van der Waals surface area contributed by atoms with Crippen molar-refractivity contribution >= 4 is 17.5 Å². The van der Waals surface area contributed by atoms with Gasteiger partial charge in [0, 0.05) is 25.0 Å². The summed E-state index contributed by atoms with van der Waals surface area (Å²) in [5.41, 5.74) is 2.68. The van der Waals surface area contributed by atoms with Crippen LogP contribution in [0.3, 0.4) is 0 Å². The molecular formula is C24H29ClN4O2. The van der Waals surface area contributed by atoms with Gasteiger partial charge in [-0.05, 0) is 55.4 Å². The fourth-order valence-electron chi connectivity index (χ4n) is 4.19. The molecule has 1 amide bonds. The predicted octanol–water partition coefficient (Wildman–Crippen LogP) is 5.22. The van der Waals surface area contributed by atoms with Gasteiger partial charge in [0.05, 0.1) is 11.9 Å². The van der Waals surface area contributed by atoms with Gasteiger partial charge in [0.1, 0.15) is 17.5 Å². The number of likely N-dealkylation sites (tertiary alicyclic amines) is 1. The molecule has 0 unspecified atom stereocenters. The SMILES string of the molecule is CC(C)Cc1cc(C(=O)N2CCCC[C@H]2c2ncc(Cc3ccc(Cl)cc3)o2)n(C)n1. The van der Waals surface area contributed by atoms with Gasteiger partial charge in [0.25, 0.3) is 5.91 Å². The normalized spacial score (nSPS) is 16.8. The first kappa shape index (κ1) is 21.6. The topological polar surface area (TPSA) is 64.2 Å². The van der Waals surface area contributed by atoms with E-state index in [-0.39, 0.29) is 11.9 Å². The van der Waals surface area contributed by atoms with E-state index in [0.29, 0.717) is 35.5 Å². The van der Waals surface area contributed by atoms with Crippen LogP contribution in [0.25, 0.3) is 0 Å². The summed E-state index contributed by atoms with van der Waals surface area (Å²) >= 11 is 5.97. The van der Waals surface area contributed by atoms with Gasteiger partial charge in [-0.2, -0.15) is 5.10 Å². The molecule has 7 heteroatoms. The summed E-state index contributed by atoms with van der Waals surface area (Å²) in [6.07, 6.45) is 6.16. The molecule has 1 saturated heterocycles. The second-order valence-electron chi connectivity index (χ2n) is 8.72. The van der Waals surface area contributed by atoms with Crippen molar-refractivity contribution in [1.29, 1.82) is 0 Å². The fourth-order valence-corrected chi connectivity index (χ4v) is 4.31. The monoisotopic (exact) mass is 440 g/mol. The maximum atomic E-state index is 13.4. The summed E-state index contributed by atoms with van der Waals surface area (Å²) in [5, 5.41) is 5.26. The second kappa shape index (κ2) is 9.27. The Bertz CT molecular complexity index is 1040. The Morgan fingerprint density at radius 1 is 1.26 bits per heavy atom. The molecule has 0 saturated carbocycles. The summed E-state index contributed by atoms with van der Waals surface area (Å²) in [5.74, 6) is 1.88. The lowest BCUT2D eigenvalue weighted by Crippen LogP contribution is -2.39. The van der Waals surface area contributed by atoms with E-state index in [1.807, 2.05) is 42.3 Å². The van der Waals surface area contributed by atoms with E-state index in [1.54, 1.807) is 10.9 Å². The number of halogens is 1. The molecular weight excluding hydrogens is 412 g/mol. The largest absolute Gasteiger partial charge is 0.443 e. The van der Waals surface area contributed by atoms with Gasteiger partial charge in [-0.25, -0.2) is 4.98 Å². The number of benzene rings is 1. The zero-order valence-electron chi connectivity index (χ0n) is 18.3. The first-order chi connectivity index (χ1) is 14.9. The number of carbonyl (C=O) groups is 1. The van der Waals surface area contributed by atoms with Crippen molar-refractivity contribution in [1.82, 2.24) is 19.7 Å². The molecule has 1 aliphatic heterocycles. The number of nitrogens with zero attached hydrogens (tertiary/aromatic N) is 4. The molecule has 0 bridgehead atoms. The lowest BCUT2D eigenvalue weighted by atomic mass is 10.0. The van der Waals surface area contributed by atoms with Gasteiger partial charge in [0.15, 0.2) is 0 Å². The van der Waals surface area contributed by atoms with Crippen molar-refractivity contribution in [3.05, 3.63) is 70.2 Å². The van der Waals surface area contributed by atoms with E-state index in [1.165, 1.54) is 0 Å². The molecule has 3 aromatic rings. The van der Waals surface area contributed by atoms with Crippen LogP contribution in [-0.2, 0) is 19.9 Å². The van der Waals surface area contributed by atoms with Crippen LogP contribution in [0.5, 0.6) is 0 Å². The van der Waals surface area contributed by atoms with Crippen molar-refractivity contribution in [3.8, 4) is 0 Å². The minimum Gasteiger partial charge on any atom is -0.443 e. The van der Waals surface area contributed by atoms with Gasteiger partial charge in [-0.15, -0.1) is 0 Å². The van der Waals surface area contributed by atoms with Gasteiger partial charge in [0.2, 0.25) is 5.89 Å². The van der Waals surface area contributed by atoms with Crippen LogP contribution in [0.15, 0.2) is 40.9 Å². The molecule has 2 aromatic heterocycles. The number of carbonyl (C=O) groups excluding carboxylic acids is 1. The van der Waals surface area contributed by atoms with Crippen LogP contribution in [0.1, 0.15) is 72.5 Å². The van der Waals surface area contributed by atoms with Crippen molar-refractivity contribution in [3.63, 3.8) is 0 Å². The van der Waals surface area contributed by atoms with Crippen LogP contribution in [0.4, 0.5) is 0 Å². The molecule has 1 aromatic carbocycles. The van der Waals surface area contributed by atoms with E-state index < -0.39 is 0 Å². The van der Waals surface area contributed by atoms with E-state index in [9.17, 15) is 4.79 Å². The predicted molar refractivity (Wildman–Crippen MR) is 120 cm³/mol. The highest BCUT2D eigenvalue weighted by Gasteiger charge is 2.33. The van der Waals surface area contributed by atoms with Gasteiger partial charge >= 0.3 is 0 Å². The number of hydrogen-bond acceptors (Lipinski definition) is 4. The highest BCUT2D eigenvalue weighted by atomic mass is 35.5. The zero-order valence-corrected chi connectivity index (χ0v) is 19.1. The number of rotatable bonds is 6. The summed E-state index contributed by atoms with van der Waals surface area (Å²) in [7, 11) is 1.84. The summed E-state index contributed by atoms with van der Waals surface area (Å²) in [4.78, 5) is 19.9. The molecule has 31 heavy (non-hydrogen) atoms. The molecule has 4 rings (SSSR count). The Kier molecular flexibility index (Phi) is 6.46. The Balaban J connectivity index is 1.52. The number of oxazole rings is 1. The summed E-state index contributed by atoms with van der Waals surface area (Å²) < 4.78 is 7.80. The molecule has 1 aliphatic rings. The highest BCUT2D eigenvalue weighted by molar-refractivity contribution is 6.30. The third kappa shape index (κ3) is 5.01. The highest BCUT2D eigenvalue weighted by Crippen LogP contribution is 2.32. The lowest BCUT2D eigenvalue weighted by Gasteiger charge is -2.33. The maximum absolute atomic E-state index is 13.4. The minimum atomic E-state index is -0.149. The van der Waals surface area contributed by atoms with Gasteiger partial charge < -0.3 is 9.32 Å². The molecule has 3 heterocycles. The molecule has 0 N–H and O–H groups in total. The van der Waals surface area contributed by atoms with Crippen molar-refractivity contribution in [2.24, 2.45) is 13.0 Å². The van der Waals surface area contributed by atoms with E-state index in [4.69, 9.17) is 16.0 Å². The second-order valence-corrected chi connectivity index (χ2v) is 9.16. The van der Waals surface area contributed by atoms with Crippen LogP contribution >= 0.6 is 11.6 Å². The van der Waals surface area contributed by atoms with Gasteiger partial charge in [-0.1, -0.05) is 37.6 Å². The number of aryl methyl sites for hydroxylation is 1. The van der Waals surface area contributed by atoms with Crippen LogP contribution in [-0.4, -0.2) is 32.1 Å². The zero-order chi connectivity index (χ0) is 22.0. The molecule has 1 atom stereocenters. The standard InChI is InChI=1S/C24H29ClN4O2/c1-16(2)12-19-14-22(28(3)27-19)24(30)29-11-5-4-6-21(29)23-26-15-20(31-23)13-17-7-9-18(25)10-8-17/h7-10,14-16,21H,4-6,11-13H2,1-3H3/t21-/m0/s1. The molecule has 0 aliphatic carbocycles. The average molecular weight is 441 g/mol. The Labute approximate surface area is 188 Å². The average Bonchev–Trinajstić information content (AvgIpc) is 3.35.